The van der Waals surface area contributed by atoms with Crippen molar-refractivity contribution in [3.63, 3.8) is 0 Å². The van der Waals surface area contributed by atoms with Gasteiger partial charge in [0, 0.05) is 10.6 Å². The van der Waals surface area contributed by atoms with Crippen LogP contribution in [-0.4, -0.2) is 46.9 Å². The summed E-state index contributed by atoms with van der Waals surface area (Å²) in [5.74, 6) is -0.502. The SMILES string of the molecule is CSCC[C@@H](C(=O)Nc1cccc(SC)c1)N1C(=O)c2ccccc2C1=O. The van der Waals surface area contributed by atoms with Gasteiger partial charge in [-0.15, -0.1) is 11.8 Å². The van der Waals surface area contributed by atoms with Gasteiger partial charge in [-0.1, -0.05) is 18.2 Å². The molecule has 2 aromatic rings. The van der Waals surface area contributed by atoms with Gasteiger partial charge in [-0.2, -0.15) is 11.8 Å². The van der Waals surface area contributed by atoms with E-state index in [1.165, 1.54) is 0 Å². The second-order valence-corrected chi connectivity index (χ2v) is 7.91. The number of nitrogens with one attached hydrogen (secondary N) is 1. The van der Waals surface area contributed by atoms with Gasteiger partial charge in [-0.3, -0.25) is 19.3 Å². The third-order valence-electron chi connectivity index (χ3n) is 4.37. The van der Waals surface area contributed by atoms with Crippen LogP contribution in [0.25, 0.3) is 0 Å². The summed E-state index contributed by atoms with van der Waals surface area (Å²) in [6, 6.07) is 13.3. The van der Waals surface area contributed by atoms with Gasteiger partial charge in [0.2, 0.25) is 5.91 Å². The topological polar surface area (TPSA) is 66.5 Å². The highest BCUT2D eigenvalue weighted by molar-refractivity contribution is 7.98. The lowest BCUT2D eigenvalue weighted by Crippen LogP contribution is -2.47. The normalized spacial score (nSPS) is 14.2. The van der Waals surface area contributed by atoms with Crippen molar-refractivity contribution < 1.29 is 14.4 Å². The van der Waals surface area contributed by atoms with Gasteiger partial charge in [0.15, 0.2) is 0 Å². The number of carbonyl (C=O) groups is 3. The van der Waals surface area contributed by atoms with Crippen molar-refractivity contribution in [3.05, 3.63) is 59.7 Å². The van der Waals surface area contributed by atoms with Gasteiger partial charge in [-0.25, -0.2) is 0 Å². The first kappa shape index (κ1) is 19.5. The Bertz CT molecular complexity index is 850. The van der Waals surface area contributed by atoms with Gasteiger partial charge < -0.3 is 5.32 Å². The fourth-order valence-electron chi connectivity index (χ4n) is 3.02. The summed E-state index contributed by atoms with van der Waals surface area (Å²) in [6.45, 7) is 0. The molecule has 0 bridgehead atoms. The van der Waals surface area contributed by atoms with Gasteiger partial charge in [0.05, 0.1) is 11.1 Å². The smallest absolute Gasteiger partial charge is 0.262 e. The van der Waals surface area contributed by atoms with E-state index in [0.29, 0.717) is 29.0 Å². The van der Waals surface area contributed by atoms with Gasteiger partial charge in [-0.05, 0) is 55.0 Å². The molecular formula is C20H20N2O3S2. The quantitative estimate of drug-likeness (QED) is 0.566. The molecule has 7 heteroatoms. The van der Waals surface area contributed by atoms with Crippen LogP contribution < -0.4 is 5.32 Å². The maximum atomic E-state index is 13.0. The predicted octanol–water partition coefficient (Wildman–Crippen LogP) is 3.76. The molecule has 1 N–H and O–H groups in total. The Hall–Kier alpha value is -2.25. The molecule has 27 heavy (non-hydrogen) atoms. The zero-order valence-corrected chi connectivity index (χ0v) is 16.7. The fraction of sp³-hybridized carbons (Fsp3) is 0.250. The molecule has 1 heterocycles. The molecule has 0 aliphatic carbocycles. The Morgan fingerprint density at radius 3 is 2.30 bits per heavy atom. The van der Waals surface area contributed by atoms with E-state index >= 15 is 0 Å². The summed E-state index contributed by atoms with van der Waals surface area (Å²) in [6.07, 6.45) is 4.29. The summed E-state index contributed by atoms with van der Waals surface area (Å²) in [5, 5.41) is 2.86. The number of nitrogens with zero attached hydrogens (tertiary/aromatic N) is 1. The zero-order chi connectivity index (χ0) is 19.4. The number of anilines is 1. The van der Waals surface area contributed by atoms with Crippen molar-refractivity contribution in [2.24, 2.45) is 0 Å². The molecule has 0 fully saturated rings. The molecule has 0 spiro atoms. The minimum absolute atomic E-state index is 0.350. The molecule has 140 valence electrons. The Kier molecular flexibility index (Phi) is 6.23. The Labute approximate surface area is 166 Å². The molecule has 0 radical (unpaired) electrons. The summed E-state index contributed by atoms with van der Waals surface area (Å²) < 4.78 is 0. The van der Waals surface area contributed by atoms with Crippen LogP contribution in [0.15, 0.2) is 53.4 Å². The van der Waals surface area contributed by atoms with Crippen molar-refractivity contribution in [1.29, 1.82) is 0 Å². The minimum atomic E-state index is -0.845. The molecular weight excluding hydrogens is 380 g/mol. The highest BCUT2D eigenvalue weighted by atomic mass is 32.2. The van der Waals surface area contributed by atoms with E-state index in [1.54, 1.807) is 53.9 Å². The molecule has 0 unspecified atom stereocenters. The number of fused-ring (bicyclic) bond motifs is 1. The molecule has 1 aliphatic rings. The maximum absolute atomic E-state index is 13.0. The van der Waals surface area contributed by atoms with Gasteiger partial charge in [0.25, 0.3) is 11.8 Å². The second kappa shape index (κ2) is 8.63. The Morgan fingerprint density at radius 1 is 1.04 bits per heavy atom. The van der Waals surface area contributed by atoms with Crippen LogP contribution in [0.4, 0.5) is 5.69 Å². The van der Waals surface area contributed by atoms with E-state index < -0.39 is 17.9 Å². The zero-order valence-electron chi connectivity index (χ0n) is 15.1. The van der Waals surface area contributed by atoms with Crippen molar-refractivity contribution in [2.45, 2.75) is 17.4 Å². The molecule has 2 aromatic carbocycles. The molecule has 0 saturated heterocycles. The first-order chi connectivity index (χ1) is 13.1. The molecule has 3 amide bonds. The van der Waals surface area contributed by atoms with Crippen LogP contribution in [0.3, 0.4) is 0 Å². The number of benzene rings is 2. The van der Waals surface area contributed by atoms with Crippen LogP contribution in [-0.2, 0) is 4.79 Å². The molecule has 5 nitrogen and oxygen atoms in total. The van der Waals surface area contributed by atoms with Crippen LogP contribution >= 0.6 is 23.5 Å². The highest BCUT2D eigenvalue weighted by Gasteiger charge is 2.42. The number of amides is 3. The average Bonchev–Trinajstić information content (AvgIpc) is 2.94. The Balaban J connectivity index is 1.86. The van der Waals surface area contributed by atoms with Crippen LogP contribution in [0, 0.1) is 0 Å². The van der Waals surface area contributed by atoms with Crippen LogP contribution in [0.5, 0.6) is 0 Å². The lowest BCUT2D eigenvalue weighted by Gasteiger charge is -2.25. The van der Waals surface area contributed by atoms with Crippen molar-refractivity contribution >= 4 is 46.9 Å². The predicted molar refractivity (Wildman–Crippen MR) is 111 cm³/mol. The number of thioether (sulfide) groups is 2. The minimum Gasteiger partial charge on any atom is -0.324 e. The van der Waals surface area contributed by atoms with E-state index in [0.717, 1.165) is 9.80 Å². The van der Waals surface area contributed by atoms with Crippen molar-refractivity contribution in [2.75, 3.05) is 23.6 Å². The van der Waals surface area contributed by atoms with Crippen molar-refractivity contribution in [1.82, 2.24) is 4.90 Å². The van der Waals surface area contributed by atoms with Gasteiger partial charge >= 0.3 is 0 Å². The molecule has 0 saturated carbocycles. The Morgan fingerprint density at radius 2 is 1.70 bits per heavy atom. The monoisotopic (exact) mass is 400 g/mol. The van der Waals surface area contributed by atoms with Crippen molar-refractivity contribution in [3.8, 4) is 0 Å². The lowest BCUT2D eigenvalue weighted by atomic mass is 10.1. The highest BCUT2D eigenvalue weighted by Crippen LogP contribution is 2.27. The largest absolute Gasteiger partial charge is 0.324 e. The number of carbonyl (C=O) groups excluding carboxylic acids is 3. The first-order valence-corrected chi connectivity index (χ1v) is 11.1. The van der Waals surface area contributed by atoms with E-state index in [2.05, 4.69) is 5.32 Å². The van der Waals surface area contributed by atoms with E-state index in [9.17, 15) is 14.4 Å². The molecule has 1 aliphatic heterocycles. The molecule has 0 aromatic heterocycles. The summed E-state index contributed by atoms with van der Waals surface area (Å²) in [5.41, 5.74) is 1.36. The number of imide groups is 1. The lowest BCUT2D eigenvalue weighted by molar-refractivity contribution is -0.120. The first-order valence-electron chi connectivity index (χ1n) is 8.47. The standard InChI is InChI=1S/C20H20N2O3S2/c1-26-11-10-17(18(23)21-13-6-5-7-14(12-13)27-2)22-19(24)15-8-3-4-9-16(15)20(22)25/h3-9,12,17H,10-11H2,1-2H3,(H,21,23)/t17-/m0/s1. The van der Waals surface area contributed by atoms with Crippen LogP contribution in [0.2, 0.25) is 0 Å². The third-order valence-corrected chi connectivity index (χ3v) is 5.74. The summed E-state index contributed by atoms with van der Waals surface area (Å²) in [4.78, 5) is 40.7. The molecule has 1 atom stereocenters. The average molecular weight is 401 g/mol. The summed E-state index contributed by atoms with van der Waals surface area (Å²) in [7, 11) is 0. The number of hydrogen-bond donors (Lipinski definition) is 1. The van der Waals surface area contributed by atoms with E-state index in [-0.39, 0.29) is 5.91 Å². The number of hydrogen-bond acceptors (Lipinski definition) is 5. The number of rotatable bonds is 7. The molecule has 3 rings (SSSR count). The van der Waals surface area contributed by atoms with E-state index in [1.807, 2.05) is 30.7 Å². The van der Waals surface area contributed by atoms with E-state index in [4.69, 9.17) is 0 Å². The maximum Gasteiger partial charge on any atom is 0.262 e. The second-order valence-electron chi connectivity index (χ2n) is 6.04. The fourth-order valence-corrected chi connectivity index (χ4v) is 3.94. The summed E-state index contributed by atoms with van der Waals surface area (Å²) >= 11 is 3.15. The van der Waals surface area contributed by atoms with Gasteiger partial charge in [0.1, 0.15) is 6.04 Å². The third kappa shape index (κ3) is 4.04. The van der Waals surface area contributed by atoms with Crippen LogP contribution in [0.1, 0.15) is 27.1 Å².